The summed E-state index contributed by atoms with van der Waals surface area (Å²) < 4.78 is 70.2. The summed E-state index contributed by atoms with van der Waals surface area (Å²) in [4.78, 5) is 0. The summed E-state index contributed by atoms with van der Waals surface area (Å²) in [5.41, 5.74) is -6.19. The molecule has 1 aliphatic carbocycles. The van der Waals surface area contributed by atoms with Gasteiger partial charge in [0.05, 0.1) is 0 Å². The van der Waals surface area contributed by atoms with E-state index in [1.807, 2.05) is 12.1 Å². The van der Waals surface area contributed by atoms with Crippen molar-refractivity contribution >= 4 is 10.1 Å². The van der Waals surface area contributed by atoms with Gasteiger partial charge in [0.1, 0.15) is 0 Å². The quantitative estimate of drug-likeness (QED) is 0.280. The maximum absolute atomic E-state index is 13.5. The highest BCUT2D eigenvalue weighted by atomic mass is 32.2. The van der Waals surface area contributed by atoms with Crippen LogP contribution in [-0.2, 0) is 25.3 Å². The molecule has 0 N–H and O–H groups in total. The van der Waals surface area contributed by atoms with E-state index in [-0.39, 0.29) is 5.56 Å². The highest BCUT2D eigenvalue weighted by Gasteiger charge is 2.60. The lowest BCUT2D eigenvalue weighted by molar-refractivity contribution is -0.0671. The summed E-state index contributed by atoms with van der Waals surface area (Å²) in [6.45, 7) is 3.29. The first-order chi connectivity index (χ1) is 15.0. The Balaban J connectivity index is 2.08. The third kappa shape index (κ3) is 3.40. The number of alkyl halides is 3. The summed E-state index contributed by atoms with van der Waals surface area (Å²) in [6.07, 6.45) is 0. The second kappa shape index (κ2) is 7.51. The van der Waals surface area contributed by atoms with Crippen molar-refractivity contribution in [2.45, 2.75) is 30.4 Å². The summed E-state index contributed by atoms with van der Waals surface area (Å²) in [6, 6.07) is 22.5. The Hall–Kier alpha value is -3.08. The van der Waals surface area contributed by atoms with Crippen LogP contribution in [-0.4, -0.2) is 13.9 Å². The van der Waals surface area contributed by atoms with E-state index >= 15 is 0 Å². The Morgan fingerprint density at radius 1 is 0.781 bits per heavy atom. The number of rotatable bonds is 2. The van der Waals surface area contributed by atoms with Crippen LogP contribution in [0.4, 0.5) is 13.2 Å². The zero-order valence-corrected chi connectivity index (χ0v) is 18.1. The Morgan fingerprint density at radius 3 is 1.88 bits per heavy atom. The lowest BCUT2D eigenvalue weighted by Gasteiger charge is -2.47. The molecule has 0 saturated carbocycles. The molecule has 0 fully saturated rings. The van der Waals surface area contributed by atoms with E-state index in [0.717, 1.165) is 5.56 Å². The van der Waals surface area contributed by atoms with E-state index in [2.05, 4.69) is 11.8 Å². The molecule has 7 heteroatoms. The number of hydrogen-bond acceptors (Lipinski definition) is 3. The van der Waals surface area contributed by atoms with Crippen LogP contribution in [0.25, 0.3) is 11.1 Å². The fraction of sp³-hybridized carbons (Fsp3) is 0.200. The molecule has 3 nitrogen and oxygen atoms in total. The summed E-state index contributed by atoms with van der Waals surface area (Å²) >= 11 is 0. The first kappa shape index (κ1) is 22.1. The normalized spacial score (nSPS) is 19.3. The van der Waals surface area contributed by atoms with E-state index in [4.69, 9.17) is 4.18 Å². The molecule has 3 aromatic rings. The van der Waals surface area contributed by atoms with Gasteiger partial charge in [0.15, 0.2) is 5.60 Å². The maximum atomic E-state index is 13.5. The summed E-state index contributed by atoms with van der Waals surface area (Å²) in [7, 11) is -5.98. The largest absolute Gasteiger partial charge is 0.523 e. The van der Waals surface area contributed by atoms with E-state index in [0.29, 0.717) is 16.7 Å². The van der Waals surface area contributed by atoms with Crippen molar-refractivity contribution in [3.05, 3.63) is 95.6 Å². The molecule has 0 heterocycles. The predicted molar refractivity (Wildman–Crippen MR) is 116 cm³/mol. The van der Waals surface area contributed by atoms with Gasteiger partial charge in [-0.05, 0) is 28.8 Å². The molecule has 0 spiro atoms. The van der Waals surface area contributed by atoms with Gasteiger partial charge in [0.2, 0.25) is 0 Å². The zero-order chi connectivity index (χ0) is 23.2. The third-order valence-electron chi connectivity index (χ3n) is 5.75. The number of hydrogen-bond donors (Lipinski definition) is 0. The Labute approximate surface area is 185 Å². The minimum absolute atomic E-state index is 0.264. The highest BCUT2D eigenvalue weighted by Crippen LogP contribution is 2.55. The van der Waals surface area contributed by atoms with E-state index in [9.17, 15) is 21.6 Å². The average Bonchev–Trinajstić information content (AvgIpc) is 2.76. The predicted octanol–water partition coefficient (Wildman–Crippen LogP) is 5.76. The first-order valence-corrected chi connectivity index (χ1v) is 11.2. The van der Waals surface area contributed by atoms with Gasteiger partial charge in [-0.3, -0.25) is 0 Å². The minimum atomic E-state index is -5.98. The smallest absolute Gasteiger partial charge is 0.237 e. The molecule has 0 saturated heterocycles. The van der Waals surface area contributed by atoms with Crippen molar-refractivity contribution in [3.8, 4) is 23.0 Å². The number of fused-ring (bicyclic) bond motifs is 3. The first-order valence-electron chi connectivity index (χ1n) is 9.79. The van der Waals surface area contributed by atoms with Crippen LogP contribution in [0.3, 0.4) is 0 Å². The van der Waals surface area contributed by atoms with Gasteiger partial charge in [-0.15, -0.1) is 0 Å². The highest BCUT2D eigenvalue weighted by molar-refractivity contribution is 7.87. The molecule has 3 aromatic carbocycles. The van der Waals surface area contributed by atoms with Gasteiger partial charge in [0.25, 0.3) is 0 Å². The van der Waals surface area contributed by atoms with Crippen LogP contribution in [0.5, 0.6) is 0 Å². The van der Waals surface area contributed by atoms with E-state index in [1.54, 1.807) is 80.6 Å². The van der Waals surface area contributed by atoms with Crippen LogP contribution in [0.2, 0.25) is 0 Å². The fourth-order valence-corrected chi connectivity index (χ4v) is 4.86. The average molecular weight is 456 g/mol. The van der Waals surface area contributed by atoms with Gasteiger partial charge in [0, 0.05) is 16.5 Å². The van der Waals surface area contributed by atoms with E-state index < -0.39 is 26.6 Å². The molecule has 1 atom stereocenters. The van der Waals surface area contributed by atoms with Gasteiger partial charge in [-0.25, -0.2) is 4.18 Å². The minimum Gasteiger partial charge on any atom is -0.237 e. The Kier molecular flexibility index (Phi) is 5.19. The van der Waals surface area contributed by atoms with Gasteiger partial charge in [-0.2, -0.15) is 21.6 Å². The molecule has 0 amide bonds. The van der Waals surface area contributed by atoms with E-state index in [1.165, 1.54) is 0 Å². The van der Waals surface area contributed by atoms with Crippen molar-refractivity contribution < 1.29 is 25.8 Å². The molecule has 32 heavy (non-hydrogen) atoms. The molecule has 0 aromatic heterocycles. The molecule has 1 unspecified atom stereocenters. The summed E-state index contributed by atoms with van der Waals surface area (Å²) in [5.74, 6) is 5.67. The van der Waals surface area contributed by atoms with Crippen LogP contribution in [0, 0.1) is 11.8 Å². The number of benzene rings is 3. The van der Waals surface area contributed by atoms with Crippen LogP contribution in [0.15, 0.2) is 78.9 Å². The Bertz CT molecular complexity index is 1330. The molecule has 0 aliphatic heterocycles. The molecule has 4 rings (SSSR count). The standard InChI is InChI=1S/C25H19F3O3S/c1-23(2)21-14-8-6-12-19(21)20-13-7-9-15-22(20)24(23,31-32(29,30)25(26,27)28)17-16-18-10-4-3-5-11-18/h3-15H,1-2H3. The molecule has 0 bridgehead atoms. The second-order valence-corrected chi connectivity index (χ2v) is 9.53. The van der Waals surface area contributed by atoms with Crippen molar-refractivity contribution in [2.24, 2.45) is 0 Å². The lowest BCUT2D eigenvalue weighted by Crippen LogP contribution is -2.51. The summed E-state index contributed by atoms with van der Waals surface area (Å²) in [5, 5.41) is 0. The van der Waals surface area contributed by atoms with Crippen molar-refractivity contribution in [2.75, 3.05) is 0 Å². The third-order valence-corrected chi connectivity index (χ3v) is 6.79. The lowest BCUT2D eigenvalue weighted by atomic mass is 9.60. The zero-order valence-electron chi connectivity index (χ0n) is 17.3. The van der Waals surface area contributed by atoms with Crippen LogP contribution >= 0.6 is 0 Å². The van der Waals surface area contributed by atoms with Crippen LogP contribution < -0.4 is 0 Å². The van der Waals surface area contributed by atoms with Crippen molar-refractivity contribution in [3.63, 3.8) is 0 Å². The number of halogens is 3. The van der Waals surface area contributed by atoms with Gasteiger partial charge < -0.3 is 0 Å². The monoisotopic (exact) mass is 456 g/mol. The second-order valence-electron chi connectivity index (χ2n) is 8.00. The Morgan fingerprint density at radius 2 is 1.28 bits per heavy atom. The van der Waals surface area contributed by atoms with Crippen molar-refractivity contribution in [1.29, 1.82) is 0 Å². The molecular formula is C25H19F3O3S. The SMILES string of the molecule is CC1(C)c2ccccc2-c2ccccc2C1(C#Cc1ccccc1)OS(=O)(=O)C(F)(F)F. The van der Waals surface area contributed by atoms with Crippen LogP contribution in [0.1, 0.15) is 30.5 Å². The van der Waals surface area contributed by atoms with Gasteiger partial charge in [-0.1, -0.05) is 92.4 Å². The molecule has 1 aliphatic rings. The topological polar surface area (TPSA) is 43.4 Å². The van der Waals surface area contributed by atoms with Crippen molar-refractivity contribution in [1.82, 2.24) is 0 Å². The molecule has 164 valence electrons. The fourth-order valence-electron chi connectivity index (χ4n) is 4.10. The molecular weight excluding hydrogens is 437 g/mol. The van der Waals surface area contributed by atoms with Gasteiger partial charge >= 0.3 is 15.6 Å². The molecule has 0 radical (unpaired) electrons. The maximum Gasteiger partial charge on any atom is 0.523 e.